The van der Waals surface area contributed by atoms with Crippen LogP contribution < -0.4 is 15.4 Å². The Bertz CT molecular complexity index is 806. The number of guanidine groups is 1. The molecule has 0 fully saturated rings. The molecule has 27 heavy (non-hydrogen) atoms. The third-order valence-corrected chi connectivity index (χ3v) is 6.79. The van der Waals surface area contributed by atoms with Gasteiger partial charge in [0.05, 0.1) is 6.04 Å². The molecule has 0 aliphatic carbocycles. The number of aliphatic imine (C=N–C) groups is 1. The summed E-state index contributed by atoms with van der Waals surface area (Å²) in [6.45, 7) is 4.91. The summed E-state index contributed by atoms with van der Waals surface area (Å²) < 4.78 is 27.0. The van der Waals surface area contributed by atoms with Gasteiger partial charge in [-0.2, -0.15) is 0 Å². The SMILES string of the molecule is CCc1ccc(C(C)NC(=NC)NCCNS(=O)(=O)c2cccs2)cc1.I. The van der Waals surface area contributed by atoms with Crippen LogP contribution >= 0.6 is 35.3 Å². The van der Waals surface area contributed by atoms with E-state index in [9.17, 15) is 8.42 Å². The lowest BCUT2D eigenvalue weighted by Crippen LogP contribution is -2.42. The Hall–Kier alpha value is -1.17. The summed E-state index contributed by atoms with van der Waals surface area (Å²) in [6, 6.07) is 11.9. The number of hydrogen-bond donors (Lipinski definition) is 3. The molecule has 1 atom stereocenters. The van der Waals surface area contributed by atoms with E-state index in [1.165, 1.54) is 22.5 Å². The van der Waals surface area contributed by atoms with E-state index in [1.807, 2.05) is 0 Å². The van der Waals surface area contributed by atoms with E-state index in [-0.39, 0.29) is 36.6 Å². The molecular formula is C18H27IN4O2S2. The third kappa shape index (κ3) is 7.40. The van der Waals surface area contributed by atoms with Crippen LogP contribution in [0.2, 0.25) is 0 Å². The number of benzene rings is 1. The molecular weight excluding hydrogens is 495 g/mol. The maximum atomic E-state index is 12.0. The molecule has 0 bridgehead atoms. The van der Waals surface area contributed by atoms with Crippen LogP contribution in [-0.2, 0) is 16.4 Å². The Balaban J connectivity index is 0.00000364. The predicted molar refractivity (Wildman–Crippen MR) is 124 cm³/mol. The molecule has 3 N–H and O–H groups in total. The van der Waals surface area contributed by atoms with Crippen molar-refractivity contribution in [3.05, 3.63) is 52.9 Å². The number of halogens is 1. The Morgan fingerprint density at radius 2 is 1.89 bits per heavy atom. The van der Waals surface area contributed by atoms with E-state index in [0.717, 1.165) is 6.42 Å². The van der Waals surface area contributed by atoms with Gasteiger partial charge in [-0.15, -0.1) is 35.3 Å². The average Bonchev–Trinajstić information content (AvgIpc) is 3.20. The zero-order chi connectivity index (χ0) is 19.0. The summed E-state index contributed by atoms with van der Waals surface area (Å²) in [7, 11) is -1.73. The minimum Gasteiger partial charge on any atom is -0.355 e. The third-order valence-electron chi connectivity index (χ3n) is 3.93. The first-order valence-electron chi connectivity index (χ1n) is 8.55. The Kier molecular flexibility index (Phi) is 10.3. The van der Waals surface area contributed by atoms with Crippen LogP contribution in [0.5, 0.6) is 0 Å². The zero-order valence-corrected chi connectivity index (χ0v) is 19.7. The van der Waals surface area contributed by atoms with Crippen LogP contribution in [-0.4, -0.2) is 34.5 Å². The Labute approximate surface area is 182 Å². The normalized spacial score (nSPS) is 12.9. The van der Waals surface area contributed by atoms with Gasteiger partial charge in [-0.05, 0) is 35.9 Å². The van der Waals surface area contributed by atoms with E-state index in [4.69, 9.17) is 0 Å². The summed E-state index contributed by atoms with van der Waals surface area (Å²) >= 11 is 1.20. The van der Waals surface area contributed by atoms with Crippen molar-refractivity contribution in [3.63, 3.8) is 0 Å². The van der Waals surface area contributed by atoms with Crippen LogP contribution in [0.25, 0.3) is 0 Å². The molecule has 0 aliphatic rings. The minimum atomic E-state index is -3.43. The topological polar surface area (TPSA) is 82.6 Å². The first-order chi connectivity index (χ1) is 12.5. The number of thiophene rings is 1. The number of nitrogens with one attached hydrogen (secondary N) is 3. The van der Waals surface area contributed by atoms with E-state index in [0.29, 0.717) is 16.7 Å². The van der Waals surface area contributed by atoms with Gasteiger partial charge in [0.1, 0.15) is 4.21 Å². The fourth-order valence-electron chi connectivity index (χ4n) is 2.38. The lowest BCUT2D eigenvalue weighted by molar-refractivity contribution is 0.582. The Morgan fingerprint density at radius 1 is 1.19 bits per heavy atom. The van der Waals surface area contributed by atoms with E-state index in [1.54, 1.807) is 24.6 Å². The fraction of sp³-hybridized carbons (Fsp3) is 0.389. The van der Waals surface area contributed by atoms with Crippen LogP contribution in [0.15, 0.2) is 51.0 Å². The van der Waals surface area contributed by atoms with Crippen molar-refractivity contribution in [1.82, 2.24) is 15.4 Å². The van der Waals surface area contributed by atoms with Gasteiger partial charge in [0.15, 0.2) is 5.96 Å². The molecule has 2 aromatic rings. The van der Waals surface area contributed by atoms with Gasteiger partial charge < -0.3 is 10.6 Å². The molecule has 1 heterocycles. The fourth-order valence-corrected chi connectivity index (χ4v) is 4.45. The lowest BCUT2D eigenvalue weighted by atomic mass is 10.1. The maximum absolute atomic E-state index is 12.0. The molecule has 0 amide bonds. The van der Waals surface area contributed by atoms with Crippen LogP contribution in [0.4, 0.5) is 0 Å². The van der Waals surface area contributed by atoms with Gasteiger partial charge in [-0.25, -0.2) is 13.1 Å². The van der Waals surface area contributed by atoms with Gasteiger partial charge in [0.2, 0.25) is 10.0 Å². The molecule has 0 saturated heterocycles. The molecule has 0 aliphatic heterocycles. The molecule has 0 radical (unpaired) electrons. The van der Waals surface area contributed by atoms with Crippen molar-refractivity contribution in [2.75, 3.05) is 20.1 Å². The van der Waals surface area contributed by atoms with Crippen molar-refractivity contribution in [2.45, 2.75) is 30.5 Å². The van der Waals surface area contributed by atoms with Crippen molar-refractivity contribution < 1.29 is 8.42 Å². The summed E-state index contributed by atoms with van der Waals surface area (Å²) in [5.41, 5.74) is 2.48. The molecule has 9 heteroatoms. The van der Waals surface area contributed by atoms with Gasteiger partial charge in [-0.1, -0.05) is 37.3 Å². The number of hydrogen-bond acceptors (Lipinski definition) is 4. The van der Waals surface area contributed by atoms with Gasteiger partial charge in [0.25, 0.3) is 0 Å². The predicted octanol–water partition coefficient (Wildman–Crippen LogP) is 3.13. The van der Waals surface area contributed by atoms with Crippen LogP contribution in [0, 0.1) is 0 Å². The van der Waals surface area contributed by atoms with Crippen molar-refractivity contribution in [1.29, 1.82) is 0 Å². The second-order valence-corrected chi connectivity index (χ2v) is 8.73. The average molecular weight is 522 g/mol. The van der Waals surface area contributed by atoms with Gasteiger partial charge in [0, 0.05) is 20.1 Å². The molecule has 1 aromatic heterocycles. The summed E-state index contributed by atoms with van der Waals surface area (Å²) in [5, 5.41) is 8.18. The number of aryl methyl sites for hydroxylation is 1. The molecule has 1 unspecified atom stereocenters. The molecule has 6 nitrogen and oxygen atoms in total. The standard InChI is InChI=1S/C18H26N4O2S2.HI/c1-4-15-7-9-16(10-8-15)14(2)22-18(19-3)20-11-12-21-26(23,24)17-6-5-13-25-17;/h5-10,13-14,21H,4,11-12H2,1-3H3,(H2,19,20,22);1H. The van der Waals surface area contributed by atoms with E-state index in [2.05, 4.69) is 58.5 Å². The van der Waals surface area contributed by atoms with Crippen LogP contribution in [0.1, 0.15) is 31.0 Å². The number of nitrogens with zero attached hydrogens (tertiary/aromatic N) is 1. The second-order valence-electron chi connectivity index (χ2n) is 5.79. The van der Waals surface area contributed by atoms with Crippen molar-refractivity contribution >= 4 is 51.3 Å². The first kappa shape index (κ1) is 23.9. The van der Waals surface area contributed by atoms with Crippen molar-refractivity contribution in [2.24, 2.45) is 4.99 Å². The highest BCUT2D eigenvalue weighted by molar-refractivity contribution is 14.0. The molecule has 0 spiro atoms. The second kappa shape index (κ2) is 11.6. The van der Waals surface area contributed by atoms with Gasteiger partial charge >= 0.3 is 0 Å². The maximum Gasteiger partial charge on any atom is 0.250 e. The Morgan fingerprint density at radius 3 is 2.44 bits per heavy atom. The first-order valence-corrected chi connectivity index (χ1v) is 10.9. The van der Waals surface area contributed by atoms with Crippen molar-refractivity contribution in [3.8, 4) is 0 Å². The molecule has 150 valence electrons. The quantitative estimate of drug-likeness (QED) is 0.215. The minimum absolute atomic E-state index is 0. The summed E-state index contributed by atoms with van der Waals surface area (Å²) in [4.78, 5) is 4.19. The summed E-state index contributed by atoms with van der Waals surface area (Å²) in [5.74, 6) is 0.632. The molecule has 0 saturated carbocycles. The largest absolute Gasteiger partial charge is 0.355 e. The highest BCUT2D eigenvalue weighted by atomic mass is 127. The number of rotatable bonds is 8. The van der Waals surface area contributed by atoms with Gasteiger partial charge in [-0.3, -0.25) is 4.99 Å². The lowest BCUT2D eigenvalue weighted by Gasteiger charge is -2.18. The highest BCUT2D eigenvalue weighted by Gasteiger charge is 2.14. The zero-order valence-electron chi connectivity index (χ0n) is 15.7. The number of sulfonamides is 1. The molecule has 1 aromatic carbocycles. The van der Waals surface area contributed by atoms with E-state index >= 15 is 0 Å². The van der Waals surface area contributed by atoms with E-state index < -0.39 is 10.0 Å². The summed E-state index contributed by atoms with van der Waals surface area (Å²) in [6.07, 6.45) is 1.02. The molecule has 2 rings (SSSR count). The highest BCUT2D eigenvalue weighted by Crippen LogP contribution is 2.15. The monoisotopic (exact) mass is 522 g/mol. The van der Waals surface area contributed by atoms with Crippen LogP contribution in [0.3, 0.4) is 0 Å². The smallest absolute Gasteiger partial charge is 0.250 e.